The molecule has 0 unspecified atom stereocenters. The molecule has 0 aromatic heterocycles. The van der Waals surface area contributed by atoms with E-state index in [1.165, 1.54) is 5.57 Å². The van der Waals surface area contributed by atoms with Crippen molar-refractivity contribution in [3.05, 3.63) is 23.8 Å². The van der Waals surface area contributed by atoms with Gasteiger partial charge in [0.2, 0.25) is 0 Å². The Morgan fingerprint density at radius 2 is 2.14 bits per heavy atom. The fraction of sp³-hybridized carbons (Fsp3) is 0.636. The molecule has 1 aliphatic carbocycles. The number of nitrogens with one attached hydrogen (secondary N) is 1. The van der Waals surface area contributed by atoms with Crippen molar-refractivity contribution in [2.75, 3.05) is 13.1 Å². The Bertz CT molecular complexity index is 266. The van der Waals surface area contributed by atoms with Gasteiger partial charge in [-0.25, -0.2) is 0 Å². The Morgan fingerprint density at radius 1 is 1.43 bits per heavy atom. The molecule has 78 valence electrons. The van der Waals surface area contributed by atoms with Crippen LogP contribution < -0.4 is 5.32 Å². The van der Waals surface area contributed by atoms with Gasteiger partial charge in [-0.1, -0.05) is 40.8 Å². The van der Waals surface area contributed by atoms with Crippen molar-refractivity contribution in [1.82, 2.24) is 5.32 Å². The van der Waals surface area contributed by atoms with E-state index in [1.807, 2.05) is 0 Å². The van der Waals surface area contributed by atoms with Crippen molar-refractivity contribution in [3.63, 3.8) is 0 Å². The smallest absolute Gasteiger partial charge is 0.0894 e. The van der Waals surface area contributed by atoms with Crippen LogP contribution in [0.15, 0.2) is 23.8 Å². The molecule has 2 nitrogen and oxygen atoms in total. The van der Waals surface area contributed by atoms with Crippen LogP contribution in [0.2, 0.25) is 0 Å². The zero-order chi connectivity index (χ0) is 10.0. The first-order valence-electron chi connectivity index (χ1n) is 5.17. The highest BCUT2D eigenvalue weighted by Crippen LogP contribution is 2.35. The van der Waals surface area contributed by atoms with E-state index in [2.05, 4.69) is 46.1 Å². The molecule has 0 spiro atoms. The predicted molar refractivity (Wildman–Crippen MR) is 66.7 cm³/mol. The molecule has 1 aliphatic heterocycles. The third kappa shape index (κ3) is 2.04. The van der Waals surface area contributed by atoms with Crippen molar-refractivity contribution in [2.45, 2.75) is 28.8 Å². The molecule has 0 radical (unpaired) electrons. The maximum Gasteiger partial charge on any atom is 0.0894 e. The molecule has 2 N–H and O–H groups in total. The number of halogens is 1. The first kappa shape index (κ1) is 10.6. The van der Waals surface area contributed by atoms with E-state index < -0.39 is 5.60 Å². The SMILES string of the molecule is OC1(C2=CC=CC[C@H]2I)CCNCC1. The third-order valence-corrected chi connectivity index (χ3v) is 4.24. The van der Waals surface area contributed by atoms with Crippen LogP contribution in [0.3, 0.4) is 0 Å². The average molecular weight is 305 g/mol. The van der Waals surface area contributed by atoms with Crippen molar-refractivity contribution < 1.29 is 5.11 Å². The van der Waals surface area contributed by atoms with Crippen molar-refractivity contribution in [2.24, 2.45) is 0 Å². The lowest BCUT2D eigenvalue weighted by Gasteiger charge is -2.37. The second-order valence-corrected chi connectivity index (χ2v) is 5.54. The first-order chi connectivity index (χ1) is 6.72. The molecule has 0 amide bonds. The Balaban J connectivity index is 2.18. The highest BCUT2D eigenvalue weighted by Gasteiger charge is 2.36. The van der Waals surface area contributed by atoms with E-state index in [4.69, 9.17) is 0 Å². The summed E-state index contributed by atoms with van der Waals surface area (Å²) in [6, 6.07) is 0. The molecule has 2 rings (SSSR count). The maximum absolute atomic E-state index is 10.5. The molecule has 14 heavy (non-hydrogen) atoms. The lowest BCUT2D eigenvalue weighted by molar-refractivity contribution is 0.0443. The highest BCUT2D eigenvalue weighted by molar-refractivity contribution is 14.1. The Kier molecular flexibility index (Phi) is 3.29. The Labute approximate surface area is 98.6 Å². The van der Waals surface area contributed by atoms with Crippen molar-refractivity contribution in [1.29, 1.82) is 0 Å². The summed E-state index contributed by atoms with van der Waals surface area (Å²) in [5.74, 6) is 0. The third-order valence-electron chi connectivity index (χ3n) is 3.06. The fourth-order valence-electron chi connectivity index (χ4n) is 2.18. The highest BCUT2D eigenvalue weighted by atomic mass is 127. The minimum absolute atomic E-state index is 0.473. The number of piperidine rings is 1. The van der Waals surface area contributed by atoms with Gasteiger partial charge in [-0.05, 0) is 37.9 Å². The zero-order valence-corrected chi connectivity index (χ0v) is 10.3. The van der Waals surface area contributed by atoms with Crippen LogP contribution in [-0.4, -0.2) is 27.7 Å². The molecule has 1 fully saturated rings. The second-order valence-electron chi connectivity index (χ2n) is 4.03. The molecular weight excluding hydrogens is 289 g/mol. The van der Waals surface area contributed by atoms with Gasteiger partial charge in [-0.15, -0.1) is 0 Å². The van der Waals surface area contributed by atoms with Gasteiger partial charge in [-0.3, -0.25) is 0 Å². The Morgan fingerprint density at radius 3 is 2.79 bits per heavy atom. The predicted octanol–water partition coefficient (Wildman–Crippen LogP) is 1.79. The van der Waals surface area contributed by atoms with Crippen LogP contribution in [-0.2, 0) is 0 Å². The van der Waals surface area contributed by atoms with Gasteiger partial charge in [0.1, 0.15) is 0 Å². The molecular formula is C11H16INO. The topological polar surface area (TPSA) is 32.3 Å². The molecule has 3 heteroatoms. The van der Waals surface area contributed by atoms with Gasteiger partial charge in [0.05, 0.1) is 5.60 Å². The van der Waals surface area contributed by atoms with Crippen LogP contribution in [0.4, 0.5) is 0 Å². The van der Waals surface area contributed by atoms with Crippen LogP contribution in [0, 0.1) is 0 Å². The minimum atomic E-state index is -0.540. The monoisotopic (exact) mass is 305 g/mol. The van der Waals surface area contributed by atoms with Crippen LogP contribution >= 0.6 is 22.6 Å². The van der Waals surface area contributed by atoms with E-state index >= 15 is 0 Å². The quantitative estimate of drug-likeness (QED) is 0.572. The molecule has 1 saturated heterocycles. The molecule has 0 saturated carbocycles. The summed E-state index contributed by atoms with van der Waals surface area (Å²) in [6.45, 7) is 1.86. The lowest BCUT2D eigenvalue weighted by atomic mass is 9.81. The van der Waals surface area contributed by atoms with Crippen LogP contribution in [0.5, 0.6) is 0 Å². The average Bonchev–Trinajstić information content (AvgIpc) is 2.19. The van der Waals surface area contributed by atoms with Gasteiger partial charge in [0.15, 0.2) is 0 Å². The summed E-state index contributed by atoms with van der Waals surface area (Å²) in [4.78, 5) is 0. The van der Waals surface area contributed by atoms with Gasteiger partial charge in [-0.2, -0.15) is 0 Å². The molecule has 0 aromatic carbocycles. The second kappa shape index (κ2) is 4.33. The number of hydrogen-bond acceptors (Lipinski definition) is 2. The molecule has 1 heterocycles. The number of alkyl halides is 1. The molecule has 0 aromatic rings. The van der Waals surface area contributed by atoms with Crippen LogP contribution in [0.25, 0.3) is 0 Å². The number of rotatable bonds is 1. The summed E-state index contributed by atoms with van der Waals surface area (Å²) >= 11 is 2.43. The van der Waals surface area contributed by atoms with E-state index in [9.17, 15) is 5.11 Å². The molecule has 1 atom stereocenters. The number of allylic oxidation sites excluding steroid dienone is 3. The van der Waals surface area contributed by atoms with E-state index in [1.54, 1.807) is 0 Å². The summed E-state index contributed by atoms with van der Waals surface area (Å²) in [5, 5.41) is 13.8. The summed E-state index contributed by atoms with van der Waals surface area (Å²) in [7, 11) is 0. The Hall–Kier alpha value is 0.130. The molecule has 0 bridgehead atoms. The summed E-state index contributed by atoms with van der Waals surface area (Å²) in [5.41, 5.74) is 0.684. The van der Waals surface area contributed by atoms with E-state index in [0.717, 1.165) is 32.4 Å². The summed E-state index contributed by atoms with van der Waals surface area (Å²) < 4.78 is 0.473. The summed E-state index contributed by atoms with van der Waals surface area (Å²) in [6.07, 6.45) is 9.11. The van der Waals surface area contributed by atoms with Gasteiger partial charge in [0.25, 0.3) is 0 Å². The number of aliphatic hydroxyl groups is 1. The first-order valence-corrected chi connectivity index (χ1v) is 6.41. The van der Waals surface area contributed by atoms with Crippen molar-refractivity contribution in [3.8, 4) is 0 Å². The van der Waals surface area contributed by atoms with Gasteiger partial charge in [0, 0.05) is 3.92 Å². The molecule has 2 aliphatic rings. The zero-order valence-electron chi connectivity index (χ0n) is 8.17. The number of hydrogen-bond donors (Lipinski definition) is 2. The normalized spacial score (nSPS) is 31.3. The standard InChI is InChI=1S/C11H16INO/c12-10-4-2-1-3-9(10)11(14)5-7-13-8-6-11/h1-3,10,13-14H,4-8H2/t10-/m1/s1. The maximum atomic E-state index is 10.5. The van der Waals surface area contributed by atoms with Gasteiger partial charge >= 0.3 is 0 Å². The lowest BCUT2D eigenvalue weighted by Crippen LogP contribution is -2.45. The minimum Gasteiger partial charge on any atom is -0.385 e. The largest absolute Gasteiger partial charge is 0.385 e. The van der Waals surface area contributed by atoms with E-state index in [0.29, 0.717) is 3.92 Å². The fourth-order valence-corrected chi connectivity index (χ4v) is 3.26. The van der Waals surface area contributed by atoms with E-state index in [-0.39, 0.29) is 0 Å². The van der Waals surface area contributed by atoms with Crippen molar-refractivity contribution >= 4 is 22.6 Å². The van der Waals surface area contributed by atoms with Crippen LogP contribution in [0.1, 0.15) is 19.3 Å². The van der Waals surface area contributed by atoms with Gasteiger partial charge < -0.3 is 10.4 Å².